The van der Waals surface area contributed by atoms with Gasteiger partial charge in [-0.15, -0.1) is 0 Å². The minimum atomic E-state index is -0.478. The third kappa shape index (κ3) is 2.86. The zero-order valence-electron chi connectivity index (χ0n) is 8.95. The van der Waals surface area contributed by atoms with Crippen LogP contribution in [0.1, 0.15) is 10.4 Å². The van der Waals surface area contributed by atoms with Gasteiger partial charge in [-0.1, -0.05) is 11.6 Å². The first-order chi connectivity index (χ1) is 8.58. The first-order valence-corrected chi connectivity index (χ1v) is 6.11. The highest BCUT2D eigenvalue weighted by molar-refractivity contribution is 9.10. The van der Waals surface area contributed by atoms with Gasteiger partial charge in [0.25, 0.3) is 5.91 Å². The van der Waals surface area contributed by atoms with E-state index in [1.54, 1.807) is 12.1 Å². The SMILES string of the molecule is O=C(Nc1c(Cl)cc(F)cc1Br)c1ccncc1. The van der Waals surface area contributed by atoms with Crippen molar-refractivity contribution >= 4 is 39.1 Å². The lowest BCUT2D eigenvalue weighted by molar-refractivity contribution is 0.102. The van der Waals surface area contributed by atoms with Gasteiger partial charge in [0, 0.05) is 22.4 Å². The average Bonchev–Trinajstić information content (AvgIpc) is 2.34. The monoisotopic (exact) mass is 328 g/mol. The van der Waals surface area contributed by atoms with Crippen LogP contribution in [0.5, 0.6) is 0 Å². The smallest absolute Gasteiger partial charge is 0.255 e. The maximum atomic E-state index is 13.0. The van der Waals surface area contributed by atoms with E-state index in [-0.39, 0.29) is 10.9 Å². The van der Waals surface area contributed by atoms with Gasteiger partial charge >= 0.3 is 0 Å². The van der Waals surface area contributed by atoms with Gasteiger partial charge in [-0.2, -0.15) is 0 Å². The van der Waals surface area contributed by atoms with Crippen LogP contribution in [0.3, 0.4) is 0 Å². The van der Waals surface area contributed by atoms with Gasteiger partial charge in [0.2, 0.25) is 0 Å². The molecular weight excluding hydrogens is 323 g/mol. The Bertz CT molecular complexity index is 569. The summed E-state index contributed by atoms with van der Waals surface area (Å²) in [6, 6.07) is 5.50. The number of carbonyl (C=O) groups is 1. The predicted octanol–water partition coefficient (Wildman–Crippen LogP) is 3.89. The normalized spacial score (nSPS) is 10.2. The summed E-state index contributed by atoms with van der Waals surface area (Å²) in [7, 11) is 0. The molecule has 3 nitrogen and oxygen atoms in total. The molecule has 1 amide bonds. The van der Waals surface area contributed by atoms with Crippen LogP contribution < -0.4 is 5.32 Å². The van der Waals surface area contributed by atoms with Crippen LogP contribution in [0.15, 0.2) is 41.1 Å². The number of benzene rings is 1. The number of aromatic nitrogens is 1. The van der Waals surface area contributed by atoms with Gasteiger partial charge in [0.15, 0.2) is 0 Å². The second-order valence-electron chi connectivity index (χ2n) is 3.43. The fraction of sp³-hybridized carbons (Fsp3) is 0. The topological polar surface area (TPSA) is 42.0 Å². The Morgan fingerprint density at radius 1 is 1.33 bits per heavy atom. The molecule has 0 bridgehead atoms. The molecule has 0 saturated carbocycles. The highest BCUT2D eigenvalue weighted by Crippen LogP contribution is 2.31. The first-order valence-electron chi connectivity index (χ1n) is 4.94. The molecule has 2 rings (SSSR count). The van der Waals surface area contributed by atoms with E-state index in [0.717, 1.165) is 6.07 Å². The highest BCUT2D eigenvalue weighted by atomic mass is 79.9. The van der Waals surface area contributed by atoms with Crippen molar-refractivity contribution < 1.29 is 9.18 Å². The molecule has 0 aliphatic heterocycles. The zero-order valence-corrected chi connectivity index (χ0v) is 11.3. The fourth-order valence-electron chi connectivity index (χ4n) is 1.35. The number of halogens is 3. The lowest BCUT2D eigenvalue weighted by Gasteiger charge is -2.09. The van der Waals surface area contributed by atoms with Gasteiger partial charge in [0.1, 0.15) is 5.82 Å². The van der Waals surface area contributed by atoms with Gasteiger partial charge in [0.05, 0.1) is 10.7 Å². The van der Waals surface area contributed by atoms with Crippen LogP contribution in [-0.4, -0.2) is 10.9 Å². The number of hydrogen-bond donors (Lipinski definition) is 1. The number of amides is 1. The Balaban J connectivity index is 2.28. The molecule has 1 heterocycles. The number of anilines is 1. The lowest BCUT2D eigenvalue weighted by Crippen LogP contribution is -2.12. The largest absolute Gasteiger partial charge is 0.320 e. The van der Waals surface area contributed by atoms with E-state index in [1.165, 1.54) is 18.5 Å². The van der Waals surface area contributed by atoms with E-state index in [0.29, 0.717) is 15.7 Å². The summed E-state index contributed by atoms with van der Waals surface area (Å²) in [6.45, 7) is 0. The van der Waals surface area contributed by atoms with E-state index in [2.05, 4.69) is 26.2 Å². The van der Waals surface area contributed by atoms with Crippen molar-refractivity contribution in [2.75, 3.05) is 5.32 Å². The standard InChI is InChI=1S/C12H7BrClFN2O/c13-9-5-8(15)6-10(14)11(9)17-12(18)7-1-3-16-4-2-7/h1-6H,(H,17,18). The van der Waals surface area contributed by atoms with Gasteiger partial charge in [-0.3, -0.25) is 9.78 Å². The van der Waals surface area contributed by atoms with E-state index >= 15 is 0 Å². The van der Waals surface area contributed by atoms with Crippen LogP contribution in [0.25, 0.3) is 0 Å². The zero-order chi connectivity index (χ0) is 13.1. The Morgan fingerprint density at radius 2 is 2.00 bits per heavy atom. The number of hydrogen-bond acceptors (Lipinski definition) is 2. The van der Waals surface area contributed by atoms with Crippen molar-refractivity contribution in [2.45, 2.75) is 0 Å². The molecular formula is C12H7BrClFN2O. The van der Waals surface area contributed by atoms with E-state index in [1.807, 2.05) is 0 Å². The Kier molecular flexibility index (Phi) is 3.93. The third-order valence-corrected chi connectivity index (χ3v) is 3.11. The molecule has 18 heavy (non-hydrogen) atoms. The molecule has 0 spiro atoms. The fourth-order valence-corrected chi connectivity index (χ4v) is 2.25. The second kappa shape index (κ2) is 5.46. The van der Waals surface area contributed by atoms with Crippen LogP contribution in [-0.2, 0) is 0 Å². The van der Waals surface area contributed by atoms with Crippen molar-refractivity contribution in [3.8, 4) is 0 Å². The summed E-state index contributed by atoms with van der Waals surface area (Å²) in [5.41, 5.74) is 0.775. The number of nitrogens with one attached hydrogen (secondary N) is 1. The first kappa shape index (κ1) is 13.0. The Morgan fingerprint density at radius 3 is 2.61 bits per heavy atom. The molecule has 0 fully saturated rings. The second-order valence-corrected chi connectivity index (χ2v) is 4.70. The molecule has 2 aromatic rings. The maximum absolute atomic E-state index is 13.0. The van der Waals surface area contributed by atoms with Crippen molar-refractivity contribution in [3.05, 3.63) is 57.5 Å². The van der Waals surface area contributed by atoms with Crippen molar-refractivity contribution in [2.24, 2.45) is 0 Å². The highest BCUT2D eigenvalue weighted by Gasteiger charge is 2.12. The van der Waals surface area contributed by atoms with E-state index in [9.17, 15) is 9.18 Å². The van der Waals surface area contributed by atoms with Crippen LogP contribution in [0.4, 0.5) is 10.1 Å². The van der Waals surface area contributed by atoms with Crippen LogP contribution in [0, 0.1) is 5.82 Å². The average molecular weight is 330 g/mol. The number of carbonyl (C=O) groups excluding carboxylic acids is 1. The van der Waals surface area contributed by atoms with Crippen molar-refractivity contribution in [1.82, 2.24) is 4.98 Å². The molecule has 0 aliphatic carbocycles. The molecule has 1 N–H and O–H groups in total. The molecule has 0 saturated heterocycles. The van der Waals surface area contributed by atoms with Gasteiger partial charge < -0.3 is 5.32 Å². The third-order valence-electron chi connectivity index (χ3n) is 2.19. The summed E-state index contributed by atoms with van der Waals surface area (Å²) in [5.74, 6) is -0.819. The van der Waals surface area contributed by atoms with E-state index < -0.39 is 5.82 Å². The Labute approximate surface area is 116 Å². The summed E-state index contributed by atoms with van der Waals surface area (Å²) < 4.78 is 13.4. The number of pyridine rings is 1. The van der Waals surface area contributed by atoms with E-state index in [4.69, 9.17) is 11.6 Å². The lowest BCUT2D eigenvalue weighted by atomic mass is 10.2. The van der Waals surface area contributed by atoms with Crippen LogP contribution in [0.2, 0.25) is 5.02 Å². The molecule has 1 aromatic heterocycles. The number of nitrogens with zero attached hydrogens (tertiary/aromatic N) is 1. The Hall–Kier alpha value is -1.46. The summed E-state index contributed by atoms with van der Waals surface area (Å²) in [4.78, 5) is 15.7. The van der Waals surface area contributed by atoms with Gasteiger partial charge in [-0.05, 0) is 40.2 Å². The maximum Gasteiger partial charge on any atom is 0.255 e. The molecule has 1 aromatic carbocycles. The summed E-state index contributed by atoms with van der Waals surface area (Å²) in [5, 5.41) is 2.74. The molecule has 0 unspecified atom stereocenters. The molecule has 6 heteroatoms. The molecule has 92 valence electrons. The summed E-state index contributed by atoms with van der Waals surface area (Å²) >= 11 is 9.02. The van der Waals surface area contributed by atoms with Crippen molar-refractivity contribution in [3.63, 3.8) is 0 Å². The quantitative estimate of drug-likeness (QED) is 0.908. The number of rotatable bonds is 2. The predicted molar refractivity (Wildman–Crippen MR) is 71.3 cm³/mol. The minimum Gasteiger partial charge on any atom is -0.320 e. The van der Waals surface area contributed by atoms with Crippen LogP contribution >= 0.6 is 27.5 Å². The molecule has 0 atom stereocenters. The summed E-state index contributed by atoms with van der Waals surface area (Å²) in [6.07, 6.45) is 3.02. The molecule has 0 aliphatic rings. The molecule has 0 radical (unpaired) electrons. The minimum absolute atomic E-state index is 0.129. The van der Waals surface area contributed by atoms with Crippen molar-refractivity contribution in [1.29, 1.82) is 0 Å². The van der Waals surface area contributed by atoms with Gasteiger partial charge in [-0.25, -0.2) is 4.39 Å².